The van der Waals surface area contributed by atoms with E-state index in [9.17, 15) is 0 Å². The van der Waals surface area contributed by atoms with Crippen molar-refractivity contribution >= 4 is 69.6 Å². The van der Waals surface area contributed by atoms with Crippen LogP contribution >= 0.6 is 69.6 Å². The van der Waals surface area contributed by atoms with E-state index in [4.69, 9.17) is 79.1 Å². The molecule has 3 atom stereocenters. The first kappa shape index (κ1) is 18.5. The van der Waals surface area contributed by atoms with E-state index in [1.807, 2.05) is 0 Å². The van der Waals surface area contributed by atoms with Crippen LogP contribution in [0.2, 0.25) is 0 Å². The predicted octanol–water partition coefficient (Wildman–Crippen LogP) is 4.53. The first-order valence-electron chi connectivity index (χ1n) is 6.78. The molecule has 23 heavy (non-hydrogen) atoms. The van der Waals surface area contributed by atoms with Crippen molar-refractivity contribution in [1.82, 2.24) is 15.0 Å². The molecule has 2 heterocycles. The van der Waals surface area contributed by atoms with Crippen molar-refractivity contribution in [2.45, 2.75) is 45.0 Å². The molecule has 1 aliphatic carbocycles. The molecule has 1 aromatic heterocycles. The van der Waals surface area contributed by atoms with Crippen LogP contribution in [-0.4, -0.2) is 34.0 Å². The third-order valence-corrected chi connectivity index (χ3v) is 4.83. The Hall–Kier alpha value is 0.670. The third kappa shape index (κ3) is 4.26. The van der Waals surface area contributed by atoms with Crippen LogP contribution in [0.3, 0.4) is 0 Å². The molecule has 0 bridgehead atoms. The van der Waals surface area contributed by atoms with Gasteiger partial charge in [-0.3, -0.25) is 0 Å². The zero-order valence-electron chi connectivity index (χ0n) is 11.5. The highest BCUT2D eigenvalue weighted by molar-refractivity contribution is 6.67. The summed E-state index contributed by atoms with van der Waals surface area (Å²) < 4.78 is 7.37. The highest BCUT2D eigenvalue weighted by Crippen LogP contribution is 2.42. The number of rotatable bonds is 1. The van der Waals surface area contributed by atoms with Gasteiger partial charge in [-0.15, -0.1) is 0 Å². The Labute approximate surface area is 162 Å². The molecule has 3 unspecified atom stereocenters. The summed E-state index contributed by atoms with van der Waals surface area (Å²) in [6.45, 7) is 0.304. The van der Waals surface area contributed by atoms with Gasteiger partial charge in [0.1, 0.15) is 12.6 Å². The summed E-state index contributed by atoms with van der Waals surface area (Å²) in [4.78, 5) is 12.5. The molecule has 5 nitrogen and oxygen atoms in total. The van der Waals surface area contributed by atoms with Crippen LogP contribution in [-0.2, 0) is 17.1 Å². The lowest BCUT2D eigenvalue weighted by Crippen LogP contribution is -2.31. The van der Waals surface area contributed by atoms with E-state index >= 15 is 0 Å². The molecule has 3 rings (SSSR count). The van der Waals surface area contributed by atoms with E-state index in [0.29, 0.717) is 19.0 Å². The molecule has 2 fully saturated rings. The molecule has 11 heteroatoms. The fourth-order valence-corrected chi connectivity index (χ4v) is 3.25. The molecule has 2 aliphatic rings. The molecule has 1 aliphatic heterocycles. The number of ether oxygens (including phenoxy) is 2. The Morgan fingerprint density at radius 3 is 1.91 bits per heavy atom. The average Bonchev–Trinajstić information content (AvgIpc) is 2.92. The molecule has 128 valence electrons. The molecule has 0 amide bonds. The van der Waals surface area contributed by atoms with Gasteiger partial charge in [0.05, 0.1) is 12.2 Å². The number of alkyl halides is 6. The molecular weight excluding hydrogens is 431 g/mol. The molecule has 0 aromatic carbocycles. The van der Waals surface area contributed by atoms with Gasteiger partial charge < -0.3 is 9.47 Å². The minimum atomic E-state index is -1.84. The normalized spacial score (nSPS) is 28.7. The van der Waals surface area contributed by atoms with Gasteiger partial charge in [0.25, 0.3) is 0 Å². The minimum Gasteiger partial charge on any atom is -0.349 e. The zero-order chi connectivity index (χ0) is 16.8. The Kier molecular flexibility index (Phi) is 5.43. The first-order chi connectivity index (χ1) is 10.6. The van der Waals surface area contributed by atoms with Gasteiger partial charge in [-0.2, -0.15) is 0 Å². The van der Waals surface area contributed by atoms with Gasteiger partial charge in [0, 0.05) is 5.92 Å². The summed E-state index contributed by atoms with van der Waals surface area (Å²) in [6, 6.07) is 0. The van der Waals surface area contributed by atoms with E-state index in [0.717, 1.165) is 12.8 Å². The van der Waals surface area contributed by atoms with Crippen LogP contribution in [0.15, 0.2) is 0 Å². The van der Waals surface area contributed by atoms with Crippen LogP contribution in [0.25, 0.3) is 0 Å². The van der Waals surface area contributed by atoms with Crippen molar-refractivity contribution in [2.75, 3.05) is 6.79 Å². The van der Waals surface area contributed by atoms with Crippen LogP contribution in [0, 0.1) is 0 Å². The molecule has 0 spiro atoms. The van der Waals surface area contributed by atoms with Gasteiger partial charge >= 0.3 is 0 Å². The van der Waals surface area contributed by atoms with E-state index in [1.165, 1.54) is 0 Å². The monoisotopic (exact) mass is 439 g/mol. The summed E-state index contributed by atoms with van der Waals surface area (Å²) >= 11 is 35.3. The van der Waals surface area contributed by atoms with Crippen LogP contribution in [0.5, 0.6) is 0 Å². The van der Waals surface area contributed by atoms with Gasteiger partial charge in [-0.25, -0.2) is 15.0 Å². The maximum atomic E-state index is 5.88. The Morgan fingerprint density at radius 1 is 0.783 bits per heavy atom. The summed E-state index contributed by atoms with van der Waals surface area (Å²) in [5.74, 6) is 0.272. The number of nitrogens with zero attached hydrogens (tertiary/aromatic N) is 3. The van der Waals surface area contributed by atoms with Crippen molar-refractivity contribution in [3.8, 4) is 0 Å². The number of fused-ring (bicyclic) bond motifs is 1. The number of hydrogen-bond acceptors (Lipinski definition) is 5. The quantitative estimate of drug-likeness (QED) is 0.599. The second-order valence-electron chi connectivity index (χ2n) is 5.37. The Bertz CT molecular complexity index is 559. The lowest BCUT2D eigenvalue weighted by molar-refractivity contribution is 0.0393. The second-order valence-corrected chi connectivity index (χ2v) is 9.94. The maximum Gasteiger partial charge on any atom is 0.250 e. The molecule has 1 saturated heterocycles. The zero-order valence-corrected chi connectivity index (χ0v) is 16.0. The van der Waals surface area contributed by atoms with E-state index in [1.54, 1.807) is 0 Å². The van der Waals surface area contributed by atoms with Gasteiger partial charge in [0.15, 0.2) is 11.6 Å². The third-order valence-electron chi connectivity index (χ3n) is 3.82. The second kappa shape index (κ2) is 6.76. The topological polar surface area (TPSA) is 57.1 Å². The van der Waals surface area contributed by atoms with Crippen molar-refractivity contribution in [2.24, 2.45) is 0 Å². The van der Waals surface area contributed by atoms with Crippen molar-refractivity contribution < 1.29 is 9.47 Å². The highest BCUT2D eigenvalue weighted by atomic mass is 35.6. The van der Waals surface area contributed by atoms with Crippen LogP contribution in [0.4, 0.5) is 0 Å². The number of halogens is 6. The largest absolute Gasteiger partial charge is 0.349 e. The minimum absolute atomic E-state index is 0.00191. The molecule has 0 radical (unpaired) electrons. The van der Waals surface area contributed by atoms with Crippen molar-refractivity contribution in [1.29, 1.82) is 0 Å². The number of aromatic nitrogens is 3. The maximum absolute atomic E-state index is 5.88. The summed E-state index contributed by atoms with van der Waals surface area (Å²) in [6.07, 6.45) is 2.42. The van der Waals surface area contributed by atoms with E-state index in [-0.39, 0.29) is 29.8 Å². The van der Waals surface area contributed by atoms with E-state index < -0.39 is 7.59 Å². The van der Waals surface area contributed by atoms with Gasteiger partial charge in [-0.05, 0) is 19.3 Å². The molecule has 1 aromatic rings. The fraction of sp³-hybridized carbons (Fsp3) is 0.750. The van der Waals surface area contributed by atoms with Crippen LogP contribution in [0.1, 0.15) is 42.7 Å². The first-order valence-corrected chi connectivity index (χ1v) is 9.05. The summed E-state index contributed by atoms with van der Waals surface area (Å²) in [5, 5.41) is 0. The van der Waals surface area contributed by atoms with Crippen molar-refractivity contribution in [3.05, 3.63) is 17.5 Å². The van der Waals surface area contributed by atoms with Crippen LogP contribution < -0.4 is 0 Å². The summed E-state index contributed by atoms with van der Waals surface area (Å²) in [7, 11) is 0. The van der Waals surface area contributed by atoms with Gasteiger partial charge in [0.2, 0.25) is 7.59 Å². The Morgan fingerprint density at radius 2 is 1.35 bits per heavy atom. The van der Waals surface area contributed by atoms with E-state index in [2.05, 4.69) is 15.0 Å². The predicted molar refractivity (Wildman–Crippen MR) is 89.5 cm³/mol. The fourth-order valence-electron chi connectivity index (χ4n) is 2.74. The summed E-state index contributed by atoms with van der Waals surface area (Å²) in [5.41, 5.74) is 0. The van der Waals surface area contributed by atoms with Gasteiger partial charge in [-0.1, -0.05) is 69.6 Å². The number of hydrogen-bond donors (Lipinski definition) is 0. The average molecular weight is 442 g/mol. The molecule has 0 N–H and O–H groups in total. The molecular formula is C12H11Cl6N3O2. The molecule has 1 saturated carbocycles. The standard InChI is InChI=1S/C12H11Cl6N3O2/c13-11(14,15)9-19-8(20-10(21-9)12(16,17)18)5-1-2-6-7(3-5)23-4-22-6/h5-7H,1-4H2. The SMILES string of the molecule is ClC(Cl)(Cl)c1nc(C2CCC3OCOC3C2)nc(C(Cl)(Cl)Cl)n1. The Balaban J connectivity index is 1.94. The lowest BCUT2D eigenvalue weighted by atomic mass is 9.85. The van der Waals surface area contributed by atoms with Crippen molar-refractivity contribution in [3.63, 3.8) is 0 Å². The smallest absolute Gasteiger partial charge is 0.250 e. The highest BCUT2D eigenvalue weighted by Gasteiger charge is 2.40. The lowest BCUT2D eigenvalue weighted by Gasteiger charge is -2.29.